The zero-order valence-corrected chi connectivity index (χ0v) is 11.2. The Morgan fingerprint density at radius 2 is 1.79 bits per heavy atom. The number of carbonyl (C=O) groups excluding carboxylic acids is 1. The van der Waals surface area contributed by atoms with Crippen LogP contribution in [0.2, 0.25) is 0 Å². The molecule has 1 rings (SSSR count). The molecule has 0 aliphatic rings. The second-order valence-electron chi connectivity index (χ2n) is 3.29. The Kier molecular flexibility index (Phi) is 5.46. The van der Waals surface area contributed by atoms with E-state index in [2.05, 4.69) is 15.3 Å². The smallest absolute Gasteiger partial charge is 0.427 e. The molecule has 0 aliphatic heterocycles. The van der Waals surface area contributed by atoms with Gasteiger partial charge in [-0.25, -0.2) is 10.2 Å². The number of benzene rings is 1. The van der Waals surface area contributed by atoms with Gasteiger partial charge in [-0.05, 0) is 12.1 Å². The maximum atomic E-state index is 10.9. The van der Waals surface area contributed by atoms with Crippen LogP contribution in [0.4, 0.5) is 4.79 Å². The number of nitrogens with one attached hydrogen (secondary N) is 1. The molecule has 0 radical (unpaired) electrons. The molecule has 0 bridgehead atoms. The van der Waals surface area contributed by atoms with Crippen LogP contribution in [0, 0.1) is 0 Å². The number of nitrogens with zero attached hydrogens (tertiary/aromatic N) is 1. The van der Waals surface area contributed by atoms with Crippen LogP contribution in [0.3, 0.4) is 0 Å². The van der Waals surface area contributed by atoms with Gasteiger partial charge in [-0.2, -0.15) is 5.10 Å². The average molecular weight is 268 g/mol. The van der Waals surface area contributed by atoms with E-state index >= 15 is 0 Å². The van der Waals surface area contributed by atoms with Gasteiger partial charge in [0.1, 0.15) is 0 Å². The van der Waals surface area contributed by atoms with Crippen molar-refractivity contribution in [1.82, 2.24) is 5.43 Å². The minimum Gasteiger partial charge on any atom is -0.493 e. The minimum atomic E-state index is -0.657. The molecule has 0 saturated carbocycles. The predicted molar refractivity (Wildman–Crippen MR) is 69.2 cm³/mol. The summed E-state index contributed by atoms with van der Waals surface area (Å²) in [6.45, 7) is 0. The van der Waals surface area contributed by atoms with Crippen LogP contribution in [-0.2, 0) is 4.74 Å². The fraction of sp³-hybridized carbons (Fsp3) is 0.333. The van der Waals surface area contributed by atoms with Gasteiger partial charge < -0.3 is 18.9 Å². The molecule has 0 aliphatic carbocycles. The molecule has 7 heteroatoms. The highest BCUT2D eigenvalue weighted by Crippen LogP contribution is 2.38. The number of ether oxygens (including phenoxy) is 4. The summed E-state index contributed by atoms with van der Waals surface area (Å²) in [5.41, 5.74) is 2.80. The molecule has 0 heterocycles. The molecule has 19 heavy (non-hydrogen) atoms. The monoisotopic (exact) mass is 268 g/mol. The lowest BCUT2D eigenvalue weighted by Crippen LogP contribution is -2.16. The van der Waals surface area contributed by atoms with Crippen LogP contribution in [0.15, 0.2) is 17.2 Å². The SMILES string of the molecule is COC(=O)N/N=C/c1ccc(OC)c(OC)c1OC. The van der Waals surface area contributed by atoms with Gasteiger partial charge in [-0.3, -0.25) is 0 Å². The van der Waals surface area contributed by atoms with E-state index in [0.29, 0.717) is 22.8 Å². The molecule has 1 N–H and O–H groups in total. The molecule has 0 aromatic heterocycles. The third-order valence-electron chi connectivity index (χ3n) is 2.28. The molecule has 1 aromatic rings. The van der Waals surface area contributed by atoms with Crippen molar-refractivity contribution in [1.29, 1.82) is 0 Å². The van der Waals surface area contributed by atoms with Gasteiger partial charge in [0, 0.05) is 5.56 Å². The molecule has 0 saturated heterocycles. The minimum absolute atomic E-state index is 0.451. The second kappa shape index (κ2) is 7.10. The molecule has 1 aromatic carbocycles. The zero-order chi connectivity index (χ0) is 14.3. The summed E-state index contributed by atoms with van der Waals surface area (Å²) >= 11 is 0. The highest BCUT2D eigenvalue weighted by Gasteiger charge is 2.14. The van der Waals surface area contributed by atoms with Crippen molar-refractivity contribution in [3.63, 3.8) is 0 Å². The zero-order valence-electron chi connectivity index (χ0n) is 11.2. The predicted octanol–water partition coefficient (Wildman–Crippen LogP) is 1.40. The Morgan fingerprint density at radius 1 is 1.11 bits per heavy atom. The van der Waals surface area contributed by atoms with E-state index in [4.69, 9.17) is 14.2 Å². The Morgan fingerprint density at radius 3 is 2.32 bits per heavy atom. The Balaban J connectivity index is 3.04. The number of hydrazone groups is 1. The van der Waals surface area contributed by atoms with Crippen molar-refractivity contribution >= 4 is 12.3 Å². The van der Waals surface area contributed by atoms with Gasteiger partial charge in [-0.1, -0.05) is 0 Å². The first-order valence-corrected chi connectivity index (χ1v) is 5.33. The largest absolute Gasteiger partial charge is 0.493 e. The number of rotatable bonds is 5. The first kappa shape index (κ1) is 14.6. The van der Waals surface area contributed by atoms with Gasteiger partial charge in [-0.15, -0.1) is 0 Å². The molecule has 7 nitrogen and oxygen atoms in total. The van der Waals surface area contributed by atoms with Crippen molar-refractivity contribution < 1.29 is 23.7 Å². The Hall–Kier alpha value is -2.44. The summed E-state index contributed by atoms with van der Waals surface area (Å²) in [6.07, 6.45) is 0.758. The molecule has 104 valence electrons. The fourth-order valence-electron chi connectivity index (χ4n) is 1.43. The number of amides is 1. The van der Waals surface area contributed by atoms with E-state index in [-0.39, 0.29) is 0 Å². The van der Waals surface area contributed by atoms with Crippen LogP contribution < -0.4 is 19.6 Å². The van der Waals surface area contributed by atoms with E-state index in [1.54, 1.807) is 12.1 Å². The second-order valence-corrected chi connectivity index (χ2v) is 3.29. The van der Waals surface area contributed by atoms with E-state index in [9.17, 15) is 4.79 Å². The highest BCUT2D eigenvalue weighted by atomic mass is 16.5. The quantitative estimate of drug-likeness (QED) is 0.645. The lowest BCUT2D eigenvalue weighted by molar-refractivity contribution is 0.171. The first-order valence-electron chi connectivity index (χ1n) is 5.33. The molecule has 0 atom stereocenters. The maximum absolute atomic E-state index is 10.9. The van der Waals surface area contributed by atoms with Gasteiger partial charge in [0.15, 0.2) is 11.5 Å². The molecule has 0 fully saturated rings. The van der Waals surface area contributed by atoms with Crippen LogP contribution in [0.25, 0.3) is 0 Å². The van der Waals surface area contributed by atoms with E-state index in [1.165, 1.54) is 34.7 Å². The molecule has 0 spiro atoms. The molecule has 0 unspecified atom stereocenters. The Labute approximate surface area is 111 Å². The topological polar surface area (TPSA) is 78.4 Å². The normalized spacial score (nSPS) is 10.1. The summed E-state index contributed by atoms with van der Waals surface area (Å²) in [7, 11) is 5.79. The van der Waals surface area contributed by atoms with E-state index in [0.717, 1.165) is 0 Å². The summed E-state index contributed by atoms with van der Waals surface area (Å²) < 4.78 is 20.0. The number of methoxy groups -OCH3 is 4. The standard InChI is InChI=1S/C12H16N2O5/c1-16-9-6-5-8(7-13-14-12(15)19-4)10(17-2)11(9)18-3/h5-7H,1-4H3,(H,14,15)/b13-7+. The van der Waals surface area contributed by atoms with Crippen LogP contribution >= 0.6 is 0 Å². The maximum Gasteiger partial charge on any atom is 0.427 e. The third-order valence-corrected chi connectivity index (χ3v) is 2.28. The number of carbonyl (C=O) groups is 1. The lowest BCUT2D eigenvalue weighted by Gasteiger charge is -2.13. The van der Waals surface area contributed by atoms with Crippen LogP contribution in [-0.4, -0.2) is 40.7 Å². The lowest BCUT2D eigenvalue weighted by atomic mass is 10.2. The summed E-state index contributed by atoms with van der Waals surface area (Å²) in [6, 6.07) is 3.43. The summed E-state index contributed by atoms with van der Waals surface area (Å²) in [5.74, 6) is 1.45. The van der Waals surface area contributed by atoms with Crippen molar-refractivity contribution in [2.24, 2.45) is 5.10 Å². The summed E-state index contributed by atoms with van der Waals surface area (Å²) in [4.78, 5) is 10.9. The highest BCUT2D eigenvalue weighted by molar-refractivity contribution is 5.86. The molecule has 1 amide bonds. The fourth-order valence-corrected chi connectivity index (χ4v) is 1.43. The van der Waals surface area contributed by atoms with Crippen molar-refractivity contribution in [2.45, 2.75) is 0 Å². The third kappa shape index (κ3) is 3.51. The van der Waals surface area contributed by atoms with Gasteiger partial charge in [0.25, 0.3) is 0 Å². The average Bonchev–Trinajstić information content (AvgIpc) is 2.45. The van der Waals surface area contributed by atoms with Crippen molar-refractivity contribution in [3.8, 4) is 17.2 Å². The van der Waals surface area contributed by atoms with Gasteiger partial charge in [0.2, 0.25) is 5.75 Å². The Bertz CT molecular complexity index is 473. The molecular weight excluding hydrogens is 252 g/mol. The summed E-state index contributed by atoms with van der Waals surface area (Å²) in [5, 5.41) is 3.73. The number of hydrogen-bond acceptors (Lipinski definition) is 6. The van der Waals surface area contributed by atoms with E-state index in [1.807, 2.05) is 0 Å². The van der Waals surface area contributed by atoms with Crippen LogP contribution in [0.5, 0.6) is 17.2 Å². The van der Waals surface area contributed by atoms with Crippen molar-refractivity contribution in [3.05, 3.63) is 17.7 Å². The van der Waals surface area contributed by atoms with E-state index < -0.39 is 6.09 Å². The van der Waals surface area contributed by atoms with Gasteiger partial charge >= 0.3 is 6.09 Å². The first-order chi connectivity index (χ1) is 9.17. The van der Waals surface area contributed by atoms with Crippen LogP contribution in [0.1, 0.15) is 5.56 Å². The van der Waals surface area contributed by atoms with Gasteiger partial charge in [0.05, 0.1) is 34.7 Å². The molecular formula is C12H16N2O5. The number of hydrogen-bond donors (Lipinski definition) is 1. The van der Waals surface area contributed by atoms with Crippen molar-refractivity contribution in [2.75, 3.05) is 28.4 Å².